The molecule has 1 aromatic heterocycles. The second kappa shape index (κ2) is 7.99. The largest absolute Gasteiger partial charge is 0.359 e. The summed E-state index contributed by atoms with van der Waals surface area (Å²) in [7, 11) is 1.71. The lowest BCUT2D eigenvalue weighted by Gasteiger charge is -2.10. The van der Waals surface area contributed by atoms with E-state index in [2.05, 4.69) is 40.7 Å². The molecule has 0 aliphatic carbocycles. The molecule has 1 aromatic carbocycles. The zero-order chi connectivity index (χ0) is 16.7. The van der Waals surface area contributed by atoms with E-state index in [4.69, 9.17) is 9.78 Å². The zero-order valence-electron chi connectivity index (χ0n) is 13.6. The fraction of sp³-hybridized carbons (Fsp3) is 0.353. The van der Waals surface area contributed by atoms with Crippen molar-refractivity contribution < 1.29 is 4.52 Å². The SMILES string of the molecule is CN=C(NCc1cccc(C#N)c1)NCc1cc(C(C)C)no1. The molecule has 0 saturated carbocycles. The van der Waals surface area contributed by atoms with Crippen molar-refractivity contribution in [3.8, 4) is 6.07 Å². The van der Waals surface area contributed by atoms with E-state index >= 15 is 0 Å². The maximum absolute atomic E-state index is 8.91. The molecule has 6 nitrogen and oxygen atoms in total. The fourth-order valence-electron chi connectivity index (χ4n) is 2.01. The van der Waals surface area contributed by atoms with E-state index in [1.165, 1.54) is 0 Å². The Kier molecular flexibility index (Phi) is 5.75. The zero-order valence-corrected chi connectivity index (χ0v) is 13.6. The van der Waals surface area contributed by atoms with Crippen LogP contribution in [0.1, 0.15) is 42.3 Å². The van der Waals surface area contributed by atoms with Gasteiger partial charge in [0.25, 0.3) is 0 Å². The van der Waals surface area contributed by atoms with E-state index in [0.29, 0.717) is 30.5 Å². The second-order valence-corrected chi connectivity index (χ2v) is 5.46. The number of nitriles is 1. The first-order chi connectivity index (χ1) is 11.1. The molecule has 2 aromatic rings. The van der Waals surface area contributed by atoms with Crippen molar-refractivity contribution in [3.05, 3.63) is 52.9 Å². The molecule has 2 rings (SSSR count). The first-order valence-electron chi connectivity index (χ1n) is 7.51. The average Bonchev–Trinajstić information content (AvgIpc) is 3.04. The minimum Gasteiger partial charge on any atom is -0.359 e. The van der Waals surface area contributed by atoms with E-state index in [-0.39, 0.29) is 0 Å². The fourth-order valence-corrected chi connectivity index (χ4v) is 2.01. The molecule has 0 aliphatic heterocycles. The lowest BCUT2D eigenvalue weighted by atomic mass is 10.1. The molecule has 6 heteroatoms. The van der Waals surface area contributed by atoms with Crippen LogP contribution in [-0.2, 0) is 13.1 Å². The summed E-state index contributed by atoms with van der Waals surface area (Å²) in [4.78, 5) is 4.17. The molecule has 0 atom stereocenters. The summed E-state index contributed by atoms with van der Waals surface area (Å²) >= 11 is 0. The van der Waals surface area contributed by atoms with Crippen molar-refractivity contribution in [2.75, 3.05) is 7.05 Å². The summed E-state index contributed by atoms with van der Waals surface area (Å²) in [5, 5.41) is 19.3. The molecule has 0 bridgehead atoms. The lowest BCUT2D eigenvalue weighted by Crippen LogP contribution is -2.36. The summed E-state index contributed by atoms with van der Waals surface area (Å²) in [5.41, 5.74) is 2.61. The molecule has 0 amide bonds. The number of hydrogen-bond donors (Lipinski definition) is 2. The van der Waals surface area contributed by atoms with Crippen LogP contribution in [0.4, 0.5) is 0 Å². The number of guanidine groups is 1. The van der Waals surface area contributed by atoms with E-state index in [1.54, 1.807) is 13.1 Å². The Balaban J connectivity index is 1.86. The highest BCUT2D eigenvalue weighted by atomic mass is 16.5. The molecule has 23 heavy (non-hydrogen) atoms. The van der Waals surface area contributed by atoms with E-state index in [9.17, 15) is 0 Å². The van der Waals surface area contributed by atoms with Crippen LogP contribution < -0.4 is 10.6 Å². The van der Waals surface area contributed by atoms with Gasteiger partial charge in [-0.2, -0.15) is 5.26 Å². The minimum absolute atomic E-state index is 0.345. The molecule has 120 valence electrons. The predicted molar refractivity (Wildman–Crippen MR) is 88.8 cm³/mol. The van der Waals surface area contributed by atoms with Gasteiger partial charge in [-0.05, 0) is 23.6 Å². The Labute approximate surface area is 136 Å². The normalized spacial score (nSPS) is 11.3. The Morgan fingerprint density at radius 1 is 1.30 bits per heavy atom. The number of aromatic nitrogens is 1. The van der Waals surface area contributed by atoms with Gasteiger partial charge < -0.3 is 15.2 Å². The van der Waals surface area contributed by atoms with Gasteiger partial charge in [0.2, 0.25) is 0 Å². The Morgan fingerprint density at radius 2 is 2.09 bits per heavy atom. The molecule has 0 radical (unpaired) electrons. The maximum atomic E-state index is 8.91. The smallest absolute Gasteiger partial charge is 0.191 e. The van der Waals surface area contributed by atoms with Crippen molar-refractivity contribution in [3.63, 3.8) is 0 Å². The Bertz CT molecular complexity index is 712. The number of benzene rings is 1. The van der Waals surface area contributed by atoms with Gasteiger partial charge in [-0.1, -0.05) is 31.1 Å². The van der Waals surface area contributed by atoms with Crippen molar-refractivity contribution in [2.24, 2.45) is 4.99 Å². The van der Waals surface area contributed by atoms with Gasteiger partial charge >= 0.3 is 0 Å². The van der Waals surface area contributed by atoms with Crippen LogP contribution in [0.5, 0.6) is 0 Å². The van der Waals surface area contributed by atoms with Crippen LogP contribution in [0.25, 0.3) is 0 Å². The maximum Gasteiger partial charge on any atom is 0.191 e. The number of aliphatic imine (C=N–C) groups is 1. The molecular formula is C17H21N5O. The molecule has 1 heterocycles. The van der Waals surface area contributed by atoms with Crippen LogP contribution >= 0.6 is 0 Å². The van der Waals surface area contributed by atoms with Crippen LogP contribution in [0.15, 0.2) is 39.8 Å². The van der Waals surface area contributed by atoms with Gasteiger partial charge in [0.15, 0.2) is 11.7 Å². The van der Waals surface area contributed by atoms with E-state index < -0.39 is 0 Å². The third-order valence-corrected chi connectivity index (χ3v) is 3.34. The predicted octanol–water partition coefficient (Wildman–Crippen LogP) is 2.53. The summed E-state index contributed by atoms with van der Waals surface area (Å²) in [5.74, 6) is 1.77. The van der Waals surface area contributed by atoms with Crippen molar-refractivity contribution in [2.45, 2.75) is 32.9 Å². The van der Waals surface area contributed by atoms with Crippen LogP contribution in [-0.4, -0.2) is 18.2 Å². The molecule has 0 fully saturated rings. The van der Waals surface area contributed by atoms with Gasteiger partial charge in [-0.15, -0.1) is 0 Å². The van der Waals surface area contributed by atoms with Crippen molar-refractivity contribution in [1.82, 2.24) is 15.8 Å². The Hall–Kier alpha value is -2.81. The highest BCUT2D eigenvalue weighted by Crippen LogP contribution is 2.13. The molecule has 0 spiro atoms. The molecular weight excluding hydrogens is 290 g/mol. The number of hydrogen-bond acceptors (Lipinski definition) is 4. The minimum atomic E-state index is 0.345. The quantitative estimate of drug-likeness (QED) is 0.654. The molecule has 2 N–H and O–H groups in total. The van der Waals surface area contributed by atoms with Crippen LogP contribution in [0, 0.1) is 11.3 Å². The first kappa shape index (κ1) is 16.6. The molecule has 0 saturated heterocycles. The van der Waals surface area contributed by atoms with Gasteiger partial charge in [0, 0.05) is 19.7 Å². The highest BCUT2D eigenvalue weighted by Gasteiger charge is 2.08. The van der Waals surface area contributed by atoms with Gasteiger partial charge in [-0.25, -0.2) is 0 Å². The third-order valence-electron chi connectivity index (χ3n) is 3.34. The lowest BCUT2D eigenvalue weighted by molar-refractivity contribution is 0.372. The Morgan fingerprint density at radius 3 is 2.74 bits per heavy atom. The van der Waals surface area contributed by atoms with E-state index in [0.717, 1.165) is 17.0 Å². The third kappa shape index (κ3) is 4.85. The molecule has 0 unspecified atom stereocenters. The topological polar surface area (TPSA) is 86.2 Å². The van der Waals surface area contributed by atoms with Gasteiger partial charge in [0.1, 0.15) is 0 Å². The number of rotatable bonds is 5. The highest BCUT2D eigenvalue weighted by molar-refractivity contribution is 5.79. The summed E-state index contributed by atoms with van der Waals surface area (Å²) in [6.07, 6.45) is 0. The first-order valence-corrected chi connectivity index (χ1v) is 7.51. The number of nitrogens with zero attached hydrogens (tertiary/aromatic N) is 3. The van der Waals surface area contributed by atoms with Crippen LogP contribution in [0.3, 0.4) is 0 Å². The number of nitrogens with one attached hydrogen (secondary N) is 2. The molecule has 0 aliphatic rings. The van der Waals surface area contributed by atoms with Crippen molar-refractivity contribution in [1.29, 1.82) is 5.26 Å². The van der Waals surface area contributed by atoms with Gasteiger partial charge in [0.05, 0.1) is 23.9 Å². The second-order valence-electron chi connectivity index (χ2n) is 5.46. The van der Waals surface area contributed by atoms with Gasteiger partial charge in [-0.3, -0.25) is 4.99 Å². The standard InChI is InChI=1S/C17H21N5O/c1-12(2)16-8-15(23-22-16)11-21-17(19-3)20-10-14-6-4-5-13(7-14)9-18/h4-8,12H,10-11H2,1-3H3,(H2,19,20,21). The van der Waals surface area contributed by atoms with Crippen LogP contribution in [0.2, 0.25) is 0 Å². The average molecular weight is 311 g/mol. The monoisotopic (exact) mass is 311 g/mol. The summed E-state index contributed by atoms with van der Waals surface area (Å²) in [6.45, 7) is 5.25. The van der Waals surface area contributed by atoms with Crippen molar-refractivity contribution >= 4 is 5.96 Å². The summed E-state index contributed by atoms with van der Waals surface area (Å²) < 4.78 is 5.28. The summed E-state index contributed by atoms with van der Waals surface area (Å²) in [6, 6.07) is 11.6. The van der Waals surface area contributed by atoms with E-state index in [1.807, 2.05) is 24.3 Å².